The summed E-state index contributed by atoms with van der Waals surface area (Å²) in [6.45, 7) is 0. The lowest BCUT2D eigenvalue weighted by molar-refractivity contribution is 0.415. The number of rotatable bonds is 4. The smallest absolute Gasteiger partial charge is 0.262 e. The minimum absolute atomic E-state index is 0.173. The Hall–Kier alpha value is -2.28. The Kier molecular flexibility index (Phi) is 3.80. The highest BCUT2D eigenvalue weighted by Crippen LogP contribution is 2.26. The average Bonchev–Trinajstić information content (AvgIpc) is 2.41. The molecule has 0 bridgehead atoms. The van der Waals surface area contributed by atoms with Crippen molar-refractivity contribution in [1.82, 2.24) is 0 Å². The highest BCUT2D eigenvalue weighted by atomic mass is 32.2. The fraction of sp³-hybridized carbons (Fsp3) is 0.0769. The molecular formula is C13H13FN2O3S. The van der Waals surface area contributed by atoms with Crippen molar-refractivity contribution in [1.29, 1.82) is 0 Å². The van der Waals surface area contributed by atoms with E-state index in [0.717, 1.165) is 6.07 Å². The predicted molar refractivity (Wildman–Crippen MR) is 74.6 cm³/mol. The van der Waals surface area contributed by atoms with Gasteiger partial charge in [-0.2, -0.15) is 0 Å². The maximum Gasteiger partial charge on any atom is 0.262 e. The third-order valence-corrected chi connectivity index (χ3v) is 3.97. The Morgan fingerprint density at radius 2 is 1.95 bits per heavy atom. The fourth-order valence-corrected chi connectivity index (χ4v) is 2.72. The van der Waals surface area contributed by atoms with E-state index in [-0.39, 0.29) is 16.3 Å². The summed E-state index contributed by atoms with van der Waals surface area (Å²) in [6.07, 6.45) is 0. The molecular weight excluding hydrogens is 283 g/mol. The lowest BCUT2D eigenvalue weighted by Gasteiger charge is -2.11. The summed E-state index contributed by atoms with van der Waals surface area (Å²) < 4.78 is 44.6. The van der Waals surface area contributed by atoms with E-state index in [1.807, 2.05) is 0 Å². The number of nitrogens with one attached hydrogen (secondary N) is 1. The van der Waals surface area contributed by atoms with Crippen LogP contribution in [-0.4, -0.2) is 15.5 Å². The maximum atomic E-state index is 13.1. The lowest BCUT2D eigenvalue weighted by atomic mass is 10.2. The van der Waals surface area contributed by atoms with Crippen LogP contribution in [0.4, 0.5) is 15.8 Å². The second-order valence-electron chi connectivity index (χ2n) is 4.02. The van der Waals surface area contributed by atoms with Crippen LogP contribution < -0.4 is 15.2 Å². The first-order chi connectivity index (χ1) is 9.42. The van der Waals surface area contributed by atoms with Crippen molar-refractivity contribution >= 4 is 21.4 Å². The van der Waals surface area contributed by atoms with Crippen LogP contribution >= 0.6 is 0 Å². The van der Waals surface area contributed by atoms with Crippen LogP contribution in [0.2, 0.25) is 0 Å². The molecule has 2 rings (SSSR count). The molecule has 106 valence electrons. The van der Waals surface area contributed by atoms with Crippen LogP contribution in [0, 0.1) is 5.82 Å². The van der Waals surface area contributed by atoms with E-state index in [2.05, 4.69) is 4.72 Å². The van der Waals surface area contributed by atoms with Crippen LogP contribution in [-0.2, 0) is 10.0 Å². The molecule has 3 N–H and O–H groups in total. The third-order valence-electron chi connectivity index (χ3n) is 2.61. The summed E-state index contributed by atoms with van der Waals surface area (Å²) in [4.78, 5) is -0.173. The van der Waals surface area contributed by atoms with E-state index in [9.17, 15) is 12.8 Å². The molecule has 2 aromatic rings. The van der Waals surface area contributed by atoms with Gasteiger partial charge in [0.25, 0.3) is 10.0 Å². The van der Waals surface area contributed by atoms with Gasteiger partial charge in [0.05, 0.1) is 23.4 Å². The number of nitrogens with two attached hydrogens (primary N) is 1. The molecule has 0 atom stereocenters. The first-order valence-electron chi connectivity index (χ1n) is 5.64. The monoisotopic (exact) mass is 296 g/mol. The molecule has 5 nitrogen and oxygen atoms in total. The Labute approximate surface area is 116 Å². The topological polar surface area (TPSA) is 81.4 Å². The van der Waals surface area contributed by atoms with Gasteiger partial charge in [-0.3, -0.25) is 4.72 Å². The van der Waals surface area contributed by atoms with Crippen molar-refractivity contribution in [2.45, 2.75) is 4.90 Å². The van der Waals surface area contributed by atoms with Crippen molar-refractivity contribution in [2.24, 2.45) is 0 Å². The molecule has 0 aliphatic rings. The highest BCUT2D eigenvalue weighted by Gasteiger charge is 2.16. The number of nitrogen functional groups attached to an aromatic ring is 1. The van der Waals surface area contributed by atoms with Gasteiger partial charge in [-0.1, -0.05) is 6.07 Å². The zero-order valence-corrected chi connectivity index (χ0v) is 11.4. The molecule has 0 radical (unpaired) electrons. The van der Waals surface area contributed by atoms with Gasteiger partial charge in [0, 0.05) is 6.07 Å². The van der Waals surface area contributed by atoms with Crippen molar-refractivity contribution < 1.29 is 17.5 Å². The molecule has 0 fully saturated rings. The molecule has 0 aromatic heterocycles. The average molecular weight is 296 g/mol. The maximum absolute atomic E-state index is 13.1. The number of halogens is 1. The van der Waals surface area contributed by atoms with Gasteiger partial charge >= 0.3 is 0 Å². The molecule has 0 aliphatic heterocycles. The van der Waals surface area contributed by atoms with E-state index >= 15 is 0 Å². The zero-order valence-electron chi connectivity index (χ0n) is 10.6. The number of methoxy groups -OCH3 is 1. The van der Waals surface area contributed by atoms with Gasteiger partial charge < -0.3 is 10.5 Å². The second kappa shape index (κ2) is 5.38. The van der Waals surface area contributed by atoms with Crippen LogP contribution in [0.3, 0.4) is 0 Å². The summed E-state index contributed by atoms with van der Waals surface area (Å²) in [5.74, 6) is -0.119. The largest absolute Gasteiger partial charge is 0.497 e. The van der Waals surface area contributed by atoms with Gasteiger partial charge in [-0.25, -0.2) is 12.8 Å². The molecule has 0 saturated heterocycles. The van der Waals surface area contributed by atoms with Crippen LogP contribution in [0.25, 0.3) is 0 Å². The van der Waals surface area contributed by atoms with Gasteiger partial charge in [0.1, 0.15) is 11.6 Å². The number of benzene rings is 2. The zero-order chi connectivity index (χ0) is 14.8. The van der Waals surface area contributed by atoms with Crippen LogP contribution in [0.15, 0.2) is 47.4 Å². The van der Waals surface area contributed by atoms with Crippen molar-refractivity contribution in [3.63, 3.8) is 0 Å². The molecule has 7 heteroatoms. The number of sulfonamides is 1. The lowest BCUT2D eigenvalue weighted by Crippen LogP contribution is -2.14. The third kappa shape index (κ3) is 3.00. The minimum Gasteiger partial charge on any atom is -0.497 e. The van der Waals surface area contributed by atoms with Gasteiger partial charge in [0.2, 0.25) is 0 Å². The number of hydrogen-bond acceptors (Lipinski definition) is 4. The SMILES string of the molecule is COc1ccc(NS(=O)(=O)c2cccc(F)c2)c(N)c1. The summed E-state index contributed by atoms with van der Waals surface area (Å²) in [5.41, 5.74) is 6.15. The predicted octanol–water partition coefficient (Wildman–Crippen LogP) is 2.22. The van der Waals surface area contributed by atoms with Crippen molar-refractivity contribution in [3.05, 3.63) is 48.3 Å². The Balaban J connectivity index is 2.33. The van der Waals surface area contributed by atoms with Gasteiger partial charge in [-0.15, -0.1) is 0 Å². The number of hydrogen-bond donors (Lipinski definition) is 2. The molecule has 2 aromatic carbocycles. The van der Waals surface area contributed by atoms with E-state index < -0.39 is 15.8 Å². The summed E-state index contributed by atoms with van der Waals surface area (Å²) in [5, 5.41) is 0. The summed E-state index contributed by atoms with van der Waals surface area (Å²) in [7, 11) is -2.41. The van der Waals surface area contributed by atoms with Crippen molar-refractivity contribution in [2.75, 3.05) is 17.6 Å². The van der Waals surface area contributed by atoms with Crippen LogP contribution in [0.5, 0.6) is 5.75 Å². The number of ether oxygens (including phenoxy) is 1. The standard InChI is InChI=1S/C13H13FN2O3S/c1-19-10-5-6-13(12(15)8-10)16-20(17,18)11-4-2-3-9(14)7-11/h2-8,16H,15H2,1H3. The molecule has 0 heterocycles. The van der Waals surface area contributed by atoms with Gasteiger partial charge in [0.15, 0.2) is 0 Å². The first kappa shape index (κ1) is 14.1. The summed E-state index contributed by atoms with van der Waals surface area (Å²) >= 11 is 0. The number of anilines is 2. The van der Waals surface area contributed by atoms with E-state index in [1.165, 1.54) is 37.4 Å². The Bertz CT molecular complexity index is 732. The summed E-state index contributed by atoms with van der Waals surface area (Å²) in [6, 6.07) is 9.25. The van der Waals surface area contributed by atoms with E-state index in [4.69, 9.17) is 10.5 Å². The van der Waals surface area contributed by atoms with E-state index in [1.54, 1.807) is 6.07 Å². The van der Waals surface area contributed by atoms with E-state index in [0.29, 0.717) is 5.75 Å². The first-order valence-corrected chi connectivity index (χ1v) is 7.12. The quantitative estimate of drug-likeness (QED) is 0.848. The molecule has 0 unspecified atom stereocenters. The Morgan fingerprint density at radius 3 is 2.55 bits per heavy atom. The molecule has 0 spiro atoms. The molecule has 20 heavy (non-hydrogen) atoms. The fourth-order valence-electron chi connectivity index (χ4n) is 1.60. The normalized spacial score (nSPS) is 11.1. The molecule has 0 amide bonds. The molecule has 0 saturated carbocycles. The van der Waals surface area contributed by atoms with Gasteiger partial charge in [-0.05, 0) is 30.3 Å². The second-order valence-corrected chi connectivity index (χ2v) is 5.70. The minimum atomic E-state index is -3.89. The van der Waals surface area contributed by atoms with Crippen molar-refractivity contribution in [3.8, 4) is 5.75 Å². The van der Waals surface area contributed by atoms with Crippen LogP contribution in [0.1, 0.15) is 0 Å². The molecule has 0 aliphatic carbocycles. The Morgan fingerprint density at radius 1 is 1.20 bits per heavy atom. The highest BCUT2D eigenvalue weighted by molar-refractivity contribution is 7.92.